The number of alkyl halides is 3. The van der Waals surface area contributed by atoms with E-state index < -0.39 is 31.8 Å². The van der Waals surface area contributed by atoms with E-state index in [0.29, 0.717) is 10.6 Å². The first-order valence-corrected chi connectivity index (χ1v) is 5.64. The van der Waals surface area contributed by atoms with Gasteiger partial charge in [0.15, 0.2) is 0 Å². The monoisotopic (exact) mass is 296 g/mol. The van der Waals surface area contributed by atoms with Gasteiger partial charge in [0, 0.05) is 12.2 Å². The molecule has 0 bridgehead atoms. The molecule has 4 nitrogen and oxygen atoms in total. The molecule has 106 valence electrons. The number of nitrogen functional groups attached to an aromatic ring is 1. The molecule has 0 aromatic heterocycles. The van der Waals surface area contributed by atoms with E-state index in [4.69, 9.17) is 22.4 Å². The summed E-state index contributed by atoms with van der Waals surface area (Å²) >= 11 is 5.77. The number of nitrogens with two attached hydrogens (primary N) is 1. The first kappa shape index (κ1) is 15.6. The largest absolute Gasteiger partial charge is 0.406 e. The van der Waals surface area contributed by atoms with Gasteiger partial charge in [-0.05, 0) is 18.2 Å². The third kappa shape index (κ3) is 4.60. The molecule has 0 saturated heterocycles. The van der Waals surface area contributed by atoms with E-state index in [-0.39, 0.29) is 10.6 Å². The smallest absolute Gasteiger partial charge is 0.399 e. The summed E-state index contributed by atoms with van der Waals surface area (Å²) in [7, 11) is 0. The molecular weight excluding hydrogens is 285 g/mol. The molecule has 0 fully saturated rings. The van der Waals surface area contributed by atoms with Crippen LogP contribution in [-0.2, 0) is 0 Å². The average molecular weight is 297 g/mol. The number of hydrogen-bond acceptors (Lipinski definition) is 3. The van der Waals surface area contributed by atoms with Gasteiger partial charge in [0.2, 0.25) is 0 Å². The molecule has 3 N–H and O–H groups in total. The highest BCUT2D eigenvalue weighted by Gasteiger charge is 2.33. The van der Waals surface area contributed by atoms with Gasteiger partial charge in [-0.25, -0.2) is 0 Å². The Kier molecular flexibility index (Phi) is 5.02. The van der Waals surface area contributed by atoms with Crippen molar-refractivity contribution in [1.82, 2.24) is 4.90 Å². The van der Waals surface area contributed by atoms with Gasteiger partial charge in [-0.2, -0.15) is 13.2 Å². The summed E-state index contributed by atoms with van der Waals surface area (Å²) in [6.07, 6.45) is -4.55. The molecule has 0 heterocycles. The lowest BCUT2D eigenvalue weighted by Gasteiger charge is -2.23. The molecule has 0 aliphatic carbocycles. The maximum Gasteiger partial charge on any atom is 0.406 e. The molecule has 1 amide bonds. The van der Waals surface area contributed by atoms with Gasteiger partial charge in [-0.15, -0.1) is 0 Å². The average Bonchev–Trinajstić information content (AvgIpc) is 2.26. The van der Waals surface area contributed by atoms with Crippen molar-refractivity contribution in [2.75, 3.05) is 25.4 Å². The van der Waals surface area contributed by atoms with Gasteiger partial charge in [-0.1, -0.05) is 11.6 Å². The van der Waals surface area contributed by atoms with Crippen molar-refractivity contribution in [2.45, 2.75) is 6.18 Å². The lowest BCUT2D eigenvalue weighted by Crippen LogP contribution is -2.40. The number of carbonyl (C=O) groups is 1. The van der Waals surface area contributed by atoms with Crippen LogP contribution in [0.5, 0.6) is 0 Å². The Labute approximate surface area is 112 Å². The molecule has 0 saturated carbocycles. The van der Waals surface area contributed by atoms with Crippen LogP contribution < -0.4 is 5.73 Å². The van der Waals surface area contributed by atoms with E-state index in [1.807, 2.05) is 0 Å². The molecule has 0 atom stereocenters. The zero-order valence-corrected chi connectivity index (χ0v) is 10.5. The van der Waals surface area contributed by atoms with Crippen molar-refractivity contribution >= 4 is 23.2 Å². The van der Waals surface area contributed by atoms with Crippen LogP contribution in [0.3, 0.4) is 0 Å². The summed E-state index contributed by atoms with van der Waals surface area (Å²) in [5.74, 6) is -0.906. The van der Waals surface area contributed by atoms with Gasteiger partial charge in [0.1, 0.15) is 6.54 Å². The van der Waals surface area contributed by atoms with E-state index in [1.165, 1.54) is 18.2 Å². The van der Waals surface area contributed by atoms with Crippen molar-refractivity contribution in [3.63, 3.8) is 0 Å². The fourth-order valence-corrected chi connectivity index (χ4v) is 1.73. The molecule has 0 spiro atoms. The van der Waals surface area contributed by atoms with Gasteiger partial charge in [0.25, 0.3) is 5.91 Å². The Hall–Kier alpha value is -1.47. The van der Waals surface area contributed by atoms with Crippen LogP contribution in [-0.4, -0.2) is 41.8 Å². The third-order valence-electron chi connectivity index (χ3n) is 2.25. The second-order valence-corrected chi connectivity index (χ2v) is 4.21. The van der Waals surface area contributed by atoms with Crippen LogP contribution >= 0.6 is 11.6 Å². The standard InChI is InChI=1S/C11H12ClF3N2O2/c12-9-5-7(16)1-2-8(9)10(19)17(3-4-18)6-11(13,14)15/h1-2,5,18H,3-4,6,16H2. The number of rotatable bonds is 4. The number of halogens is 4. The maximum atomic E-state index is 12.3. The molecule has 0 aliphatic rings. The van der Waals surface area contributed by atoms with E-state index in [2.05, 4.69) is 0 Å². The highest BCUT2D eigenvalue weighted by molar-refractivity contribution is 6.34. The number of benzene rings is 1. The molecule has 1 rings (SSSR count). The summed E-state index contributed by atoms with van der Waals surface area (Å²) in [5.41, 5.74) is 5.64. The van der Waals surface area contributed by atoms with E-state index in [0.717, 1.165) is 0 Å². The van der Waals surface area contributed by atoms with E-state index >= 15 is 0 Å². The van der Waals surface area contributed by atoms with Crippen LogP contribution in [0.2, 0.25) is 5.02 Å². The lowest BCUT2D eigenvalue weighted by atomic mass is 10.1. The summed E-state index contributed by atoms with van der Waals surface area (Å²) < 4.78 is 37.0. The minimum absolute atomic E-state index is 0.0323. The second-order valence-electron chi connectivity index (χ2n) is 3.80. The Morgan fingerprint density at radius 3 is 2.53 bits per heavy atom. The molecule has 19 heavy (non-hydrogen) atoms. The fraction of sp³-hybridized carbons (Fsp3) is 0.364. The quantitative estimate of drug-likeness (QED) is 0.834. The van der Waals surface area contributed by atoms with Gasteiger partial charge < -0.3 is 15.7 Å². The molecule has 0 aliphatic heterocycles. The third-order valence-corrected chi connectivity index (χ3v) is 2.56. The molecule has 0 radical (unpaired) electrons. The van der Waals surface area contributed by atoms with Crippen molar-refractivity contribution in [3.05, 3.63) is 28.8 Å². The number of anilines is 1. The molecule has 1 aromatic carbocycles. The highest BCUT2D eigenvalue weighted by Crippen LogP contribution is 2.23. The zero-order chi connectivity index (χ0) is 14.6. The number of amides is 1. The zero-order valence-electron chi connectivity index (χ0n) is 9.75. The van der Waals surface area contributed by atoms with Crippen molar-refractivity contribution in [1.29, 1.82) is 0 Å². The van der Waals surface area contributed by atoms with E-state index in [9.17, 15) is 18.0 Å². The summed E-state index contributed by atoms with van der Waals surface area (Å²) in [4.78, 5) is 12.4. The first-order chi connectivity index (χ1) is 8.74. The summed E-state index contributed by atoms with van der Waals surface area (Å²) in [6, 6.07) is 3.89. The maximum absolute atomic E-state index is 12.3. The minimum Gasteiger partial charge on any atom is -0.399 e. The van der Waals surface area contributed by atoms with Crippen LogP contribution in [0.1, 0.15) is 10.4 Å². The van der Waals surface area contributed by atoms with Gasteiger partial charge in [0.05, 0.1) is 17.2 Å². The Balaban J connectivity index is 2.99. The molecule has 1 aromatic rings. The SMILES string of the molecule is Nc1ccc(C(=O)N(CCO)CC(F)(F)F)c(Cl)c1. The summed E-state index contributed by atoms with van der Waals surface area (Å²) in [5, 5.41) is 8.70. The number of carbonyl (C=O) groups excluding carboxylic acids is 1. The molecule has 0 unspecified atom stereocenters. The topological polar surface area (TPSA) is 66.6 Å². The highest BCUT2D eigenvalue weighted by atomic mass is 35.5. The molecular formula is C11H12ClF3N2O2. The Bertz CT molecular complexity index is 466. The number of nitrogens with zero attached hydrogens (tertiary/aromatic N) is 1. The van der Waals surface area contributed by atoms with Crippen LogP contribution in [0.4, 0.5) is 18.9 Å². The van der Waals surface area contributed by atoms with Crippen molar-refractivity contribution in [2.24, 2.45) is 0 Å². The predicted octanol–water partition coefficient (Wildman–Crippen LogP) is 1.92. The van der Waals surface area contributed by atoms with Crippen molar-refractivity contribution in [3.8, 4) is 0 Å². The van der Waals surface area contributed by atoms with Gasteiger partial charge >= 0.3 is 6.18 Å². The second kappa shape index (κ2) is 6.12. The Morgan fingerprint density at radius 2 is 2.05 bits per heavy atom. The number of hydrogen-bond donors (Lipinski definition) is 2. The minimum atomic E-state index is -4.55. The van der Waals surface area contributed by atoms with Crippen LogP contribution in [0, 0.1) is 0 Å². The lowest BCUT2D eigenvalue weighted by molar-refractivity contribution is -0.141. The van der Waals surface area contributed by atoms with E-state index in [1.54, 1.807) is 0 Å². The predicted molar refractivity (Wildman–Crippen MR) is 64.9 cm³/mol. The van der Waals surface area contributed by atoms with Gasteiger partial charge in [-0.3, -0.25) is 4.79 Å². The Morgan fingerprint density at radius 1 is 1.42 bits per heavy atom. The number of aliphatic hydroxyl groups is 1. The summed E-state index contributed by atoms with van der Waals surface area (Å²) in [6.45, 7) is -2.46. The number of aliphatic hydroxyl groups excluding tert-OH is 1. The first-order valence-electron chi connectivity index (χ1n) is 5.26. The van der Waals surface area contributed by atoms with Crippen LogP contribution in [0.15, 0.2) is 18.2 Å². The van der Waals surface area contributed by atoms with Crippen LogP contribution in [0.25, 0.3) is 0 Å². The molecule has 8 heteroatoms. The van der Waals surface area contributed by atoms with Crippen molar-refractivity contribution < 1.29 is 23.1 Å². The normalized spacial score (nSPS) is 11.4. The fourth-order valence-electron chi connectivity index (χ4n) is 1.46.